The van der Waals surface area contributed by atoms with Crippen molar-refractivity contribution >= 4 is 17.5 Å². The number of ketones is 1. The van der Waals surface area contributed by atoms with Crippen molar-refractivity contribution in [2.75, 3.05) is 20.0 Å². The summed E-state index contributed by atoms with van der Waals surface area (Å²) in [7, 11) is 3.13. The van der Waals surface area contributed by atoms with Gasteiger partial charge in [-0.1, -0.05) is 24.3 Å². The zero-order valence-corrected chi connectivity index (χ0v) is 12.6. The smallest absolute Gasteiger partial charge is 0.189 e. The topological polar surface area (TPSA) is 61.5 Å². The van der Waals surface area contributed by atoms with Gasteiger partial charge in [-0.3, -0.25) is 4.79 Å². The van der Waals surface area contributed by atoms with Gasteiger partial charge in [0.25, 0.3) is 0 Å². The summed E-state index contributed by atoms with van der Waals surface area (Å²) in [6, 6.07) is 11.2. The van der Waals surface area contributed by atoms with Gasteiger partial charge in [-0.05, 0) is 17.7 Å². The SMILES string of the molecule is COc1cc(N)c(/C=C2\Cc3ccccc3C2=O)cc1OC. The van der Waals surface area contributed by atoms with E-state index in [0.29, 0.717) is 23.6 Å². The number of ether oxygens (including phenoxy) is 2. The summed E-state index contributed by atoms with van der Waals surface area (Å²) in [5, 5.41) is 0. The quantitative estimate of drug-likeness (QED) is 0.698. The fraction of sp³-hybridized carbons (Fsp3) is 0.167. The van der Waals surface area contributed by atoms with Crippen LogP contribution in [0.4, 0.5) is 5.69 Å². The standard InChI is InChI=1S/C18H17NO3/c1-21-16-9-12(15(19)10-17(16)22-2)8-13-7-11-5-3-4-6-14(11)18(13)20/h3-6,8-10H,7,19H2,1-2H3/b13-8+. The van der Waals surface area contributed by atoms with E-state index in [1.807, 2.05) is 30.3 Å². The summed E-state index contributed by atoms with van der Waals surface area (Å²) >= 11 is 0. The van der Waals surface area contributed by atoms with Crippen LogP contribution in [0.25, 0.3) is 6.08 Å². The lowest BCUT2D eigenvalue weighted by Gasteiger charge is -2.11. The van der Waals surface area contributed by atoms with Crippen LogP contribution < -0.4 is 15.2 Å². The summed E-state index contributed by atoms with van der Waals surface area (Å²) in [6.45, 7) is 0. The number of nitrogen functional groups attached to an aromatic ring is 1. The first-order valence-electron chi connectivity index (χ1n) is 6.98. The summed E-state index contributed by atoms with van der Waals surface area (Å²) < 4.78 is 10.5. The van der Waals surface area contributed by atoms with Gasteiger partial charge in [0, 0.05) is 34.9 Å². The van der Waals surface area contributed by atoms with E-state index in [0.717, 1.165) is 22.3 Å². The molecule has 0 unspecified atom stereocenters. The van der Waals surface area contributed by atoms with Crippen LogP contribution in [0.3, 0.4) is 0 Å². The Morgan fingerprint density at radius 1 is 1.09 bits per heavy atom. The van der Waals surface area contributed by atoms with Gasteiger partial charge in [-0.2, -0.15) is 0 Å². The highest BCUT2D eigenvalue weighted by atomic mass is 16.5. The number of anilines is 1. The van der Waals surface area contributed by atoms with Crippen molar-refractivity contribution in [2.24, 2.45) is 0 Å². The largest absolute Gasteiger partial charge is 0.493 e. The highest BCUT2D eigenvalue weighted by Gasteiger charge is 2.24. The van der Waals surface area contributed by atoms with Crippen LogP contribution in [0.1, 0.15) is 21.5 Å². The molecule has 1 aliphatic rings. The molecule has 4 nitrogen and oxygen atoms in total. The Labute approximate surface area is 129 Å². The number of fused-ring (bicyclic) bond motifs is 1. The Bertz CT molecular complexity index is 778. The normalized spacial score (nSPS) is 15.0. The molecule has 2 aromatic carbocycles. The van der Waals surface area contributed by atoms with Gasteiger partial charge in [0.2, 0.25) is 0 Å². The summed E-state index contributed by atoms with van der Waals surface area (Å²) in [6.07, 6.45) is 2.46. The zero-order valence-electron chi connectivity index (χ0n) is 12.6. The van der Waals surface area contributed by atoms with Gasteiger partial charge >= 0.3 is 0 Å². The molecule has 0 heterocycles. The number of methoxy groups -OCH3 is 2. The predicted octanol–water partition coefficient (Wildman–Crippen LogP) is 3.11. The maximum atomic E-state index is 12.4. The van der Waals surface area contributed by atoms with E-state index in [1.54, 1.807) is 26.4 Å². The Hall–Kier alpha value is -2.75. The first-order valence-corrected chi connectivity index (χ1v) is 6.98. The minimum Gasteiger partial charge on any atom is -0.493 e. The van der Waals surface area contributed by atoms with Gasteiger partial charge in [-0.15, -0.1) is 0 Å². The van der Waals surface area contributed by atoms with E-state index in [1.165, 1.54) is 0 Å². The molecule has 0 saturated carbocycles. The van der Waals surface area contributed by atoms with E-state index in [2.05, 4.69) is 0 Å². The lowest BCUT2D eigenvalue weighted by molar-refractivity contribution is 0.104. The molecule has 1 aliphatic carbocycles. The fourth-order valence-electron chi connectivity index (χ4n) is 2.69. The van der Waals surface area contributed by atoms with E-state index in [9.17, 15) is 4.79 Å². The Balaban J connectivity index is 2.02. The minimum absolute atomic E-state index is 0.0600. The number of carbonyl (C=O) groups excluding carboxylic acids is 1. The second-order valence-electron chi connectivity index (χ2n) is 5.17. The number of rotatable bonds is 3. The second kappa shape index (κ2) is 5.56. The predicted molar refractivity (Wildman–Crippen MR) is 86.4 cm³/mol. The Kier molecular flexibility index (Phi) is 3.59. The molecule has 0 atom stereocenters. The maximum Gasteiger partial charge on any atom is 0.189 e. The van der Waals surface area contributed by atoms with Gasteiger partial charge in [0.05, 0.1) is 14.2 Å². The zero-order chi connectivity index (χ0) is 15.7. The molecule has 2 aromatic rings. The molecule has 2 N–H and O–H groups in total. The van der Waals surface area contributed by atoms with Crippen LogP contribution >= 0.6 is 0 Å². The van der Waals surface area contributed by atoms with Crippen molar-refractivity contribution in [1.82, 2.24) is 0 Å². The van der Waals surface area contributed by atoms with E-state index in [4.69, 9.17) is 15.2 Å². The van der Waals surface area contributed by atoms with Gasteiger partial charge in [0.1, 0.15) is 0 Å². The van der Waals surface area contributed by atoms with Gasteiger partial charge in [0.15, 0.2) is 17.3 Å². The summed E-state index contributed by atoms with van der Waals surface area (Å²) in [5.74, 6) is 1.22. The first kappa shape index (κ1) is 14.2. The Morgan fingerprint density at radius 2 is 1.77 bits per heavy atom. The second-order valence-corrected chi connectivity index (χ2v) is 5.17. The molecule has 0 radical (unpaired) electrons. The van der Waals surface area contributed by atoms with E-state index in [-0.39, 0.29) is 5.78 Å². The highest BCUT2D eigenvalue weighted by Crippen LogP contribution is 2.34. The van der Waals surface area contributed by atoms with Crippen molar-refractivity contribution in [2.45, 2.75) is 6.42 Å². The molecule has 3 rings (SSSR count). The third-order valence-electron chi connectivity index (χ3n) is 3.85. The minimum atomic E-state index is 0.0600. The number of allylic oxidation sites excluding steroid dienone is 1. The van der Waals surface area contributed by atoms with Crippen molar-refractivity contribution < 1.29 is 14.3 Å². The van der Waals surface area contributed by atoms with Crippen LogP contribution in [-0.2, 0) is 6.42 Å². The van der Waals surface area contributed by atoms with Gasteiger partial charge < -0.3 is 15.2 Å². The Morgan fingerprint density at radius 3 is 2.45 bits per heavy atom. The van der Waals surface area contributed by atoms with Crippen LogP contribution in [0, 0.1) is 0 Å². The number of Topliss-reactive ketones (excluding diaryl/α,β-unsaturated/α-hetero) is 1. The fourth-order valence-corrected chi connectivity index (χ4v) is 2.69. The van der Waals surface area contributed by atoms with Crippen molar-refractivity contribution in [1.29, 1.82) is 0 Å². The molecule has 22 heavy (non-hydrogen) atoms. The monoisotopic (exact) mass is 295 g/mol. The number of carbonyl (C=O) groups is 1. The number of hydrogen-bond donors (Lipinski definition) is 1. The third kappa shape index (κ3) is 2.33. The molecular weight excluding hydrogens is 278 g/mol. The van der Waals surface area contributed by atoms with E-state index < -0.39 is 0 Å². The van der Waals surface area contributed by atoms with Crippen molar-refractivity contribution in [3.8, 4) is 11.5 Å². The first-order chi connectivity index (χ1) is 10.6. The van der Waals surface area contributed by atoms with Crippen LogP contribution in [-0.4, -0.2) is 20.0 Å². The molecular formula is C18H17NO3. The summed E-state index contributed by atoms with van der Waals surface area (Å²) in [4.78, 5) is 12.4. The van der Waals surface area contributed by atoms with Crippen LogP contribution in [0.2, 0.25) is 0 Å². The number of benzene rings is 2. The molecule has 4 heteroatoms. The molecule has 0 bridgehead atoms. The van der Waals surface area contributed by atoms with Crippen molar-refractivity contribution in [3.05, 3.63) is 58.7 Å². The highest BCUT2D eigenvalue weighted by molar-refractivity contribution is 6.15. The molecule has 0 aliphatic heterocycles. The van der Waals surface area contributed by atoms with Crippen LogP contribution in [0.15, 0.2) is 42.0 Å². The molecule has 0 saturated heterocycles. The van der Waals surface area contributed by atoms with E-state index >= 15 is 0 Å². The lowest BCUT2D eigenvalue weighted by Crippen LogP contribution is -1.98. The molecule has 0 amide bonds. The summed E-state index contributed by atoms with van der Waals surface area (Å²) in [5.41, 5.74) is 9.93. The lowest BCUT2D eigenvalue weighted by atomic mass is 10.1. The molecule has 0 aromatic heterocycles. The number of hydrogen-bond acceptors (Lipinski definition) is 4. The average Bonchev–Trinajstić information content (AvgIpc) is 2.85. The van der Waals surface area contributed by atoms with Gasteiger partial charge in [-0.25, -0.2) is 0 Å². The van der Waals surface area contributed by atoms with Crippen molar-refractivity contribution in [3.63, 3.8) is 0 Å². The maximum absolute atomic E-state index is 12.4. The average molecular weight is 295 g/mol. The molecule has 0 fully saturated rings. The van der Waals surface area contributed by atoms with Crippen LogP contribution in [0.5, 0.6) is 11.5 Å². The third-order valence-corrected chi connectivity index (χ3v) is 3.85. The number of nitrogens with two attached hydrogens (primary N) is 1. The molecule has 112 valence electrons. The molecule has 0 spiro atoms.